The van der Waals surface area contributed by atoms with Crippen molar-refractivity contribution in [3.05, 3.63) is 0 Å². The molecule has 1 saturated heterocycles. The molecule has 1 aliphatic heterocycles. The predicted molar refractivity (Wildman–Crippen MR) is 40.5 cm³/mol. The molecule has 0 aromatic carbocycles. The van der Waals surface area contributed by atoms with Gasteiger partial charge in [-0.2, -0.15) is 0 Å². The molecule has 0 bridgehead atoms. The summed E-state index contributed by atoms with van der Waals surface area (Å²) in [6.45, 7) is 3.44. The Morgan fingerprint density at radius 1 is 1.67 bits per heavy atom. The van der Waals surface area contributed by atoms with Crippen LogP contribution in [-0.4, -0.2) is 31.1 Å². The molecule has 0 aromatic rings. The Morgan fingerprint density at radius 3 is 2.58 bits per heavy atom. The standard InChI is InChI=1S/C8H12O4/c1-8(2)6(9)5(4-12-8)7(10)11-3/h5H,4H2,1-3H3. The number of methoxy groups -OCH3 is 1. The number of esters is 1. The monoisotopic (exact) mass is 172 g/mol. The second-order valence-corrected chi connectivity index (χ2v) is 3.26. The van der Waals surface area contributed by atoms with Crippen molar-refractivity contribution in [1.82, 2.24) is 0 Å². The summed E-state index contributed by atoms with van der Waals surface area (Å²) in [5.41, 5.74) is -0.834. The Balaban J connectivity index is 2.74. The zero-order valence-electron chi connectivity index (χ0n) is 7.42. The lowest BCUT2D eigenvalue weighted by Gasteiger charge is -2.13. The molecule has 1 aliphatic rings. The molecule has 0 saturated carbocycles. The van der Waals surface area contributed by atoms with E-state index in [1.807, 2.05) is 0 Å². The van der Waals surface area contributed by atoms with Crippen molar-refractivity contribution in [3.8, 4) is 0 Å². The van der Waals surface area contributed by atoms with Crippen molar-refractivity contribution in [2.24, 2.45) is 5.92 Å². The number of hydrogen-bond donors (Lipinski definition) is 0. The number of ketones is 1. The molecular weight excluding hydrogens is 160 g/mol. The number of Topliss-reactive ketones (excluding diaryl/α,β-unsaturated/α-hetero) is 1. The SMILES string of the molecule is COC(=O)C1COC(C)(C)C1=O. The van der Waals surface area contributed by atoms with Crippen LogP contribution in [-0.2, 0) is 19.1 Å². The molecule has 4 nitrogen and oxygen atoms in total. The zero-order valence-corrected chi connectivity index (χ0v) is 7.42. The van der Waals surface area contributed by atoms with Crippen LogP contribution in [0.15, 0.2) is 0 Å². The van der Waals surface area contributed by atoms with Crippen LogP contribution in [0.5, 0.6) is 0 Å². The maximum atomic E-state index is 11.4. The maximum absolute atomic E-state index is 11.4. The van der Waals surface area contributed by atoms with Crippen LogP contribution in [0.3, 0.4) is 0 Å². The second-order valence-electron chi connectivity index (χ2n) is 3.26. The molecule has 0 N–H and O–H groups in total. The molecule has 12 heavy (non-hydrogen) atoms. The molecule has 0 spiro atoms. The number of hydrogen-bond acceptors (Lipinski definition) is 4. The highest BCUT2D eigenvalue weighted by Gasteiger charge is 2.45. The van der Waals surface area contributed by atoms with E-state index in [4.69, 9.17) is 4.74 Å². The Bertz CT molecular complexity index is 219. The third-order valence-corrected chi connectivity index (χ3v) is 2.01. The van der Waals surface area contributed by atoms with Crippen LogP contribution in [0.1, 0.15) is 13.8 Å². The summed E-state index contributed by atoms with van der Waals surface area (Å²) in [5, 5.41) is 0. The van der Waals surface area contributed by atoms with Gasteiger partial charge in [0.2, 0.25) is 0 Å². The molecule has 1 unspecified atom stereocenters. The van der Waals surface area contributed by atoms with Gasteiger partial charge in [0.25, 0.3) is 0 Å². The molecule has 4 heteroatoms. The van der Waals surface area contributed by atoms with Gasteiger partial charge in [0, 0.05) is 0 Å². The van der Waals surface area contributed by atoms with Crippen molar-refractivity contribution >= 4 is 11.8 Å². The van der Waals surface area contributed by atoms with Crippen molar-refractivity contribution in [1.29, 1.82) is 0 Å². The average molecular weight is 172 g/mol. The lowest BCUT2D eigenvalue weighted by molar-refractivity contribution is -0.148. The van der Waals surface area contributed by atoms with E-state index in [1.165, 1.54) is 7.11 Å². The summed E-state index contributed by atoms with van der Waals surface area (Å²) < 4.78 is 9.60. The largest absolute Gasteiger partial charge is 0.468 e. The topological polar surface area (TPSA) is 52.6 Å². The molecule has 1 rings (SSSR count). The minimum atomic E-state index is -0.834. The van der Waals surface area contributed by atoms with Gasteiger partial charge < -0.3 is 9.47 Å². The normalized spacial score (nSPS) is 27.2. The number of rotatable bonds is 1. The van der Waals surface area contributed by atoms with E-state index in [-0.39, 0.29) is 12.4 Å². The van der Waals surface area contributed by atoms with E-state index < -0.39 is 17.5 Å². The first-order valence-electron chi connectivity index (χ1n) is 3.75. The van der Waals surface area contributed by atoms with Gasteiger partial charge >= 0.3 is 5.97 Å². The fourth-order valence-electron chi connectivity index (χ4n) is 1.18. The fourth-order valence-corrected chi connectivity index (χ4v) is 1.18. The van der Waals surface area contributed by atoms with Gasteiger partial charge in [0.1, 0.15) is 11.5 Å². The van der Waals surface area contributed by atoms with Gasteiger partial charge in [-0.25, -0.2) is 0 Å². The molecule has 1 fully saturated rings. The van der Waals surface area contributed by atoms with E-state index in [9.17, 15) is 9.59 Å². The lowest BCUT2D eigenvalue weighted by atomic mass is 9.96. The highest BCUT2D eigenvalue weighted by molar-refractivity contribution is 6.04. The summed E-state index contributed by atoms with van der Waals surface area (Å²) in [4.78, 5) is 22.4. The van der Waals surface area contributed by atoms with E-state index >= 15 is 0 Å². The Labute approximate surface area is 70.8 Å². The van der Waals surface area contributed by atoms with Crippen LogP contribution in [0.2, 0.25) is 0 Å². The number of carbonyl (C=O) groups is 2. The average Bonchev–Trinajstić information content (AvgIpc) is 2.27. The van der Waals surface area contributed by atoms with Gasteiger partial charge in [-0.15, -0.1) is 0 Å². The molecule has 0 aliphatic carbocycles. The van der Waals surface area contributed by atoms with Crippen molar-refractivity contribution in [2.45, 2.75) is 19.4 Å². The Kier molecular flexibility index (Phi) is 2.19. The van der Waals surface area contributed by atoms with Crippen LogP contribution in [0, 0.1) is 5.92 Å². The Morgan fingerprint density at radius 2 is 2.25 bits per heavy atom. The van der Waals surface area contributed by atoms with Gasteiger partial charge in [0.15, 0.2) is 5.78 Å². The molecule has 68 valence electrons. The van der Waals surface area contributed by atoms with E-state index in [2.05, 4.69) is 4.74 Å². The highest BCUT2D eigenvalue weighted by Crippen LogP contribution is 2.25. The third kappa shape index (κ3) is 1.34. The first-order valence-corrected chi connectivity index (χ1v) is 3.75. The first kappa shape index (κ1) is 9.19. The van der Waals surface area contributed by atoms with Crippen LogP contribution in [0.25, 0.3) is 0 Å². The van der Waals surface area contributed by atoms with Gasteiger partial charge in [-0.05, 0) is 13.8 Å². The van der Waals surface area contributed by atoms with Crippen LogP contribution in [0.4, 0.5) is 0 Å². The van der Waals surface area contributed by atoms with Crippen molar-refractivity contribution in [3.63, 3.8) is 0 Å². The van der Waals surface area contributed by atoms with Crippen LogP contribution >= 0.6 is 0 Å². The zero-order chi connectivity index (χ0) is 9.35. The molecule has 0 radical (unpaired) electrons. The summed E-state index contributed by atoms with van der Waals surface area (Å²) in [6, 6.07) is 0. The first-order chi connectivity index (χ1) is 5.49. The second kappa shape index (κ2) is 2.86. The summed E-state index contributed by atoms with van der Waals surface area (Å²) in [5.74, 6) is -1.44. The van der Waals surface area contributed by atoms with Gasteiger partial charge in [-0.1, -0.05) is 0 Å². The lowest BCUT2D eigenvalue weighted by Crippen LogP contribution is -2.33. The Hall–Kier alpha value is -0.900. The summed E-state index contributed by atoms with van der Waals surface area (Å²) >= 11 is 0. The van der Waals surface area contributed by atoms with Crippen molar-refractivity contribution < 1.29 is 19.1 Å². The van der Waals surface area contributed by atoms with E-state index in [1.54, 1.807) is 13.8 Å². The summed E-state index contributed by atoms with van der Waals surface area (Å²) in [7, 11) is 1.26. The molecular formula is C8H12O4. The van der Waals surface area contributed by atoms with Gasteiger partial charge in [-0.3, -0.25) is 9.59 Å². The minimum absolute atomic E-state index is 0.137. The van der Waals surface area contributed by atoms with E-state index in [0.717, 1.165) is 0 Å². The van der Waals surface area contributed by atoms with E-state index in [0.29, 0.717) is 0 Å². The summed E-state index contributed by atoms with van der Waals surface area (Å²) in [6.07, 6.45) is 0. The molecule has 0 amide bonds. The third-order valence-electron chi connectivity index (χ3n) is 2.01. The fraction of sp³-hybridized carbons (Fsp3) is 0.750. The number of carbonyl (C=O) groups excluding carboxylic acids is 2. The maximum Gasteiger partial charge on any atom is 0.318 e. The van der Waals surface area contributed by atoms with Gasteiger partial charge in [0.05, 0.1) is 13.7 Å². The highest BCUT2D eigenvalue weighted by atomic mass is 16.5. The minimum Gasteiger partial charge on any atom is -0.468 e. The quantitative estimate of drug-likeness (QED) is 0.417. The predicted octanol–water partition coefficient (Wildman–Crippen LogP) is 0.153. The molecule has 0 aromatic heterocycles. The number of ether oxygens (including phenoxy) is 2. The molecule has 1 atom stereocenters. The molecule has 1 heterocycles. The van der Waals surface area contributed by atoms with Crippen LogP contribution < -0.4 is 0 Å². The smallest absolute Gasteiger partial charge is 0.318 e. The van der Waals surface area contributed by atoms with Crippen molar-refractivity contribution in [2.75, 3.05) is 13.7 Å².